The lowest BCUT2D eigenvalue weighted by molar-refractivity contribution is 0.0973. The van der Waals surface area contributed by atoms with Crippen molar-refractivity contribution in [1.29, 1.82) is 0 Å². The van der Waals surface area contributed by atoms with E-state index in [0.29, 0.717) is 11.4 Å². The number of hydrogen-bond donors (Lipinski definition) is 0. The minimum atomic E-state index is 0.180. The average Bonchev–Trinajstić information content (AvgIpc) is 2.67. The van der Waals surface area contributed by atoms with Crippen LogP contribution in [-0.4, -0.2) is 15.6 Å². The molecule has 3 rings (SSSR count). The Kier molecular flexibility index (Phi) is 3.39. The summed E-state index contributed by atoms with van der Waals surface area (Å²) in [6, 6.07) is 5.86. The van der Waals surface area contributed by atoms with Crippen molar-refractivity contribution in [1.82, 2.24) is 9.78 Å². The van der Waals surface area contributed by atoms with Crippen molar-refractivity contribution in [3.8, 4) is 11.3 Å². The maximum atomic E-state index is 12.2. The van der Waals surface area contributed by atoms with Gasteiger partial charge >= 0.3 is 0 Å². The quantitative estimate of drug-likeness (QED) is 0.698. The van der Waals surface area contributed by atoms with E-state index in [1.54, 1.807) is 4.68 Å². The second-order valence-corrected chi connectivity index (χ2v) is 6.35. The fourth-order valence-electron chi connectivity index (χ4n) is 2.58. The van der Waals surface area contributed by atoms with Gasteiger partial charge in [-0.3, -0.25) is 9.48 Å². The molecule has 0 N–H and O–H groups in total. The third kappa shape index (κ3) is 2.21. The fraction of sp³-hybridized carbons (Fsp3) is 0.286. The average molecular weight is 387 g/mol. The highest BCUT2D eigenvalue weighted by atomic mass is 127. The summed E-state index contributed by atoms with van der Waals surface area (Å²) in [4.78, 5) is 12.2. The molecule has 1 heterocycles. The van der Waals surface area contributed by atoms with E-state index in [9.17, 15) is 4.79 Å². The zero-order chi connectivity index (χ0) is 13.6. The molecule has 1 aromatic carbocycles. The Bertz CT molecular complexity index is 678. The Morgan fingerprint density at radius 2 is 2.16 bits per heavy atom. The smallest absolute Gasteiger partial charge is 0.166 e. The van der Waals surface area contributed by atoms with Crippen LogP contribution in [0.2, 0.25) is 5.02 Å². The second kappa shape index (κ2) is 4.90. The number of benzene rings is 1. The van der Waals surface area contributed by atoms with Crippen molar-refractivity contribution < 1.29 is 4.79 Å². The minimum absolute atomic E-state index is 0.180. The first-order valence-corrected chi connectivity index (χ1v) is 7.58. The van der Waals surface area contributed by atoms with Crippen molar-refractivity contribution in [3.63, 3.8) is 0 Å². The van der Waals surface area contributed by atoms with Crippen LogP contribution in [-0.2, 0) is 13.5 Å². The number of nitrogens with zero attached hydrogens (tertiary/aromatic N) is 2. The molecule has 0 bridgehead atoms. The van der Waals surface area contributed by atoms with Crippen LogP contribution in [0.15, 0.2) is 18.2 Å². The van der Waals surface area contributed by atoms with E-state index >= 15 is 0 Å². The molecule has 98 valence electrons. The van der Waals surface area contributed by atoms with Crippen molar-refractivity contribution in [3.05, 3.63) is 38.0 Å². The van der Waals surface area contributed by atoms with E-state index in [-0.39, 0.29) is 5.78 Å². The van der Waals surface area contributed by atoms with Gasteiger partial charge in [-0.1, -0.05) is 17.7 Å². The van der Waals surface area contributed by atoms with Crippen LogP contribution in [0.4, 0.5) is 0 Å². The lowest BCUT2D eigenvalue weighted by atomic mass is 9.92. The maximum Gasteiger partial charge on any atom is 0.166 e. The molecule has 0 aliphatic heterocycles. The molecule has 0 fully saturated rings. The highest BCUT2D eigenvalue weighted by Gasteiger charge is 2.27. The zero-order valence-corrected chi connectivity index (χ0v) is 13.3. The summed E-state index contributed by atoms with van der Waals surface area (Å²) in [5, 5.41) is 5.14. The molecule has 1 aliphatic carbocycles. The van der Waals surface area contributed by atoms with Gasteiger partial charge in [-0.05, 0) is 47.6 Å². The van der Waals surface area contributed by atoms with E-state index in [1.807, 2.05) is 25.2 Å². The number of Topliss-reactive ketones (excluding diaryl/α,β-unsaturated/α-hetero) is 1. The minimum Gasteiger partial charge on any atom is -0.294 e. The molecule has 0 atom stereocenters. The predicted octanol–water partition coefficient (Wildman–Crippen LogP) is 3.86. The van der Waals surface area contributed by atoms with E-state index in [4.69, 9.17) is 11.6 Å². The summed E-state index contributed by atoms with van der Waals surface area (Å²) in [5.41, 5.74) is 3.40. The van der Waals surface area contributed by atoms with E-state index in [1.165, 1.54) is 0 Å². The van der Waals surface area contributed by atoms with Crippen LogP contribution in [0.3, 0.4) is 0 Å². The SMILES string of the molecule is Cn1nc2c(c1-c1ccc(I)cc1Cl)C(=O)CCC2. The maximum absolute atomic E-state index is 12.2. The van der Waals surface area contributed by atoms with Gasteiger partial charge in [0, 0.05) is 22.6 Å². The number of carbonyl (C=O) groups excluding carboxylic acids is 1. The summed E-state index contributed by atoms with van der Waals surface area (Å²) in [6.45, 7) is 0. The first-order valence-electron chi connectivity index (χ1n) is 6.12. The molecule has 0 spiro atoms. The Labute approximate surface area is 130 Å². The van der Waals surface area contributed by atoms with Crippen molar-refractivity contribution in [2.24, 2.45) is 7.05 Å². The zero-order valence-electron chi connectivity index (χ0n) is 10.4. The number of hydrogen-bond acceptors (Lipinski definition) is 2. The lowest BCUT2D eigenvalue weighted by Crippen LogP contribution is -2.10. The van der Waals surface area contributed by atoms with Crippen molar-refractivity contribution in [2.45, 2.75) is 19.3 Å². The third-order valence-corrected chi connectivity index (χ3v) is 4.39. The van der Waals surface area contributed by atoms with Crippen LogP contribution in [0.25, 0.3) is 11.3 Å². The number of fused-ring (bicyclic) bond motifs is 1. The summed E-state index contributed by atoms with van der Waals surface area (Å²) >= 11 is 8.55. The first kappa shape index (κ1) is 13.1. The van der Waals surface area contributed by atoms with Gasteiger partial charge in [0.05, 0.1) is 22.0 Å². The molecule has 1 aromatic heterocycles. The van der Waals surface area contributed by atoms with Gasteiger partial charge in [-0.2, -0.15) is 5.10 Å². The molecule has 1 aliphatic rings. The van der Waals surface area contributed by atoms with Gasteiger partial charge in [0.1, 0.15) is 0 Å². The largest absolute Gasteiger partial charge is 0.294 e. The van der Waals surface area contributed by atoms with Crippen LogP contribution in [0, 0.1) is 3.57 Å². The molecule has 0 radical (unpaired) electrons. The normalized spacial score (nSPS) is 14.6. The van der Waals surface area contributed by atoms with E-state index in [0.717, 1.165) is 38.9 Å². The Hall–Kier alpha value is -0.880. The van der Waals surface area contributed by atoms with Gasteiger partial charge < -0.3 is 0 Å². The number of ketones is 1. The number of aromatic nitrogens is 2. The molecule has 0 saturated carbocycles. The van der Waals surface area contributed by atoms with Gasteiger partial charge in [0.15, 0.2) is 5.78 Å². The van der Waals surface area contributed by atoms with E-state index < -0.39 is 0 Å². The number of halogens is 2. The summed E-state index contributed by atoms with van der Waals surface area (Å²) in [7, 11) is 1.87. The van der Waals surface area contributed by atoms with Gasteiger partial charge in [0.2, 0.25) is 0 Å². The monoisotopic (exact) mass is 386 g/mol. The lowest BCUT2D eigenvalue weighted by Gasteiger charge is -2.11. The molecule has 0 amide bonds. The third-order valence-electron chi connectivity index (χ3n) is 3.40. The molecular formula is C14H12ClIN2O. The summed E-state index contributed by atoms with van der Waals surface area (Å²) in [5.74, 6) is 0.180. The number of rotatable bonds is 1. The summed E-state index contributed by atoms with van der Waals surface area (Å²) in [6.07, 6.45) is 2.37. The van der Waals surface area contributed by atoms with Crippen LogP contribution in [0.1, 0.15) is 28.9 Å². The summed E-state index contributed by atoms with van der Waals surface area (Å²) < 4.78 is 2.86. The van der Waals surface area contributed by atoms with Gasteiger partial charge in [-0.15, -0.1) is 0 Å². The molecule has 0 unspecified atom stereocenters. The molecule has 0 saturated heterocycles. The van der Waals surface area contributed by atoms with Crippen LogP contribution < -0.4 is 0 Å². The molecule has 3 nitrogen and oxygen atoms in total. The second-order valence-electron chi connectivity index (χ2n) is 4.69. The van der Waals surface area contributed by atoms with Crippen molar-refractivity contribution >= 4 is 40.0 Å². The number of carbonyl (C=O) groups is 1. The van der Waals surface area contributed by atoms with Crippen LogP contribution in [0.5, 0.6) is 0 Å². The molecule has 5 heteroatoms. The molecule has 2 aromatic rings. The van der Waals surface area contributed by atoms with Gasteiger partial charge in [-0.25, -0.2) is 0 Å². The topological polar surface area (TPSA) is 34.9 Å². The first-order chi connectivity index (χ1) is 9.08. The molecular weight excluding hydrogens is 375 g/mol. The molecule has 19 heavy (non-hydrogen) atoms. The Morgan fingerprint density at radius 1 is 1.37 bits per heavy atom. The fourth-order valence-corrected chi connectivity index (χ4v) is 3.52. The van der Waals surface area contributed by atoms with Gasteiger partial charge in [0.25, 0.3) is 0 Å². The Morgan fingerprint density at radius 3 is 2.89 bits per heavy atom. The van der Waals surface area contributed by atoms with Crippen molar-refractivity contribution in [2.75, 3.05) is 0 Å². The number of aryl methyl sites for hydroxylation is 2. The standard InChI is InChI=1S/C14H12ClIN2O/c1-18-14(9-6-5-8(16)7-10(9)15)13-11(17-18)3-2-4-12(13)19/h5-7H,2-4H2,1H3. The predicted molar refractivity (Wildman–Crippen MR) is 83.6 cm³/mol. The highest BCUT2D eigenvalue weighted by molar-refractivity contribution is 14.1. The van der Waals surface area contributed by atoms with E-state index in [2.05, 4.69) is 27.7 Å². The Balaban J connectivity index is 2.25. The van der Waals surface area contributed by atoms with Crippen LogP contribution >= 0.6 is 34.2 Å². The highest BCUT2D eigenvalue weighted by Crippen LogP contribution is 2.35.